The van der Waals surface area contributed by atoms with Crippen LogP contribution in [0.4, 0.5) is 10.5 Å². The van der Waals surface area contributed by atoms with Crippen molar-refractivity contribution in [2.75, 3.05) is 18.5 Å². The van der Waals surface area contributed by atoms with Crippen LogP contribution in [-0.4, -0.2) is 34.8 Å². The molecule has 0 radical (unpaired) electrons. The summed E-state index contributed by atoms with van der Waals surface area (Å²) in [4.78, 5) is 37.0. The van der Waals surface area contributed by atoms with Crippen LogP contribution in [0.2, 0.25) is 0 Å². The van der Waals surface area contributed by atoms with E-state index in [1.165, 1.54) is 10.7 Å². The summed E-state index contributed by atoms with van der Waals surface area (Å²) in [6, 6.07) is 17.7. The van der Waals surface area contributed by atoms with Crippen LogP contribution < -0.4 is 10.9 Å². The third kappa shape index (κ3) is 9.34. The van der Waals surface area contributed by atoms with Crippen LogP contribution in [-0.2, 0) is 11.3 Å². The van der Waals surface area contributed by atoms with Crippen LogP contribution in [0.3, 0.4) is 0 Å². The topological polar surface area (TPSA) is 115 Å². The Balaban J connectivity index is 1.28. The first kappa shape index (κ1) is 29.6. The molecule has 1 atom stereocenters. The predicted molar refractivity (Wildman–Crippen MR) is 159 cm³/mol. The highest BCUT2D eigenvalue weighted by molar-refractivity contribution is 5.96. The Hall–Kier alpha value is -4.40. The number of benzene rings is 2. The van der Waals surface area contributed by atoms with Gasteiger partial charge >= 0.3 is 6.09 Å². The number of nitrogens with zero attached hydrogens (tertiary/aromatic N) is 4. The maximum absolute atomic E-state index is 12.7. The van der Waals surface area contributed by atoms with Gasteiger partial charge in [-0.2, -0.15) is 15.3 Å². The van der Waals surface area contributed by atoms with Crippen molar-refractivity contribution in [3.05, 3.63) is 94.4 Å². The van der Waals surface area contributed by atoms with Crippen molar-refractivity contribution >= 4 is 17.6 Å². The average Bonchev–Trinajstić information content (AvgIpc) is 3.25. The van der Waals surface area contributed by atoms with Gasteiger partial charge in [0.25, 0.3) is 5.56 Å². The third-order valence-electron chi connectivity index (χ3n) is 6.99. The van der Waals surface area contributed by atoms with Gasteiger partial charge in [-0.1, -0.05) is 61.7 Å². The van der Waals surface area contributed by atoms with Gasteiger partial charge in [-0.25, -0.2) is 9.48 Å². The lowest BCUT2D eigenvalue weighted by Gasteiger charge is -2.10. The van der Waals surface area contributed by atoms with Crippen molar-refractivity contribution in [1.82, 2.24) is 9.78 Å². The number of azo groups is 1. The Kier molecular flexibility index (Phi) is 11.1. The van der Waals surface area contributed by atoms with Gasteiger partial charge < -0.3 is 4.74 Å². The molecule has 2 heterocycles. The number of nitrogens with one attached hydrogen (secondary N) is 1. The molecule has 214 valence electrons. The van der Waals surface area contributed by atoms with Gasteiger partial charge in [-0.3, -0.25) is 14.9 Å². The van der Waals surface area contributed by atoms with Crippen molar-refractivity contribution in [2.45, 2.75) is 58.4 Å². The quantitative estimate of drug-likeness (QED) is 0.179. The van der Waals surface area contributed by atoms with Crippen LogP contribution in [0, 0.1) is 5.92 Å². The Morgan fingerprint density at radius 2 is 1.85 bits per heavy atom. The molecule has 1 aromatic heterocycles. The van der Waals surface area contributed by atoms with E-state index in [9.17, 15) is 14.4 Å². The summed E-state index contributed by atoms with van der Waals surface area (Å²) in [6.07, 6.45) is 10.4. The fraction of sp³-hybridized carbons (Fsp3) is 0.375. The van der Waals surface area contributed by atoms with E-state index in [1.54, 1.807) is 31.2 Å². The van der Waals surface area contributed by atoms with Crippen molar-refractivity contribution in [2.24, 2.45) is 16.1 Å². The number of ketones is 1. The summed E-state index contributed by atoms with van der Waals surface area (Å²) in [5.41, 5.74) is 3.28. The van der Waals surface area contributed by atoms with E-state index >= 15 is 0 Å². The summed E-state index contributed by atoms with van der Waals surface area (Å²) >= 11 is 0. The summed E-state index contributed by atoms with van der Waals surface area (Å²) in [6.45, 7) is 3.06. The molecule has 0 aliphatic carbocycles. The smallest absolute Gasteiger partial charge is 0.411 e. The molecule has 1 N–H and O–H groups in total. The second-order valence-electron chi connectivity index (χ2n) is 10.1. The Labute approximate surface area is 240 Å². The summed E-state index contributed by atoms with van der Waals surface area (Å²) in [7, 11) is 0. The van der Waals surface area contributed by atoms with Gasteiger partial charge in [0.2, 0.25) is 0 Å². The number of unbranched alkanes of at least 4 members (excludes halogenated alkanes) is 3. The third-order valence-corrected chi connectivity index (χ3v) is 6.99. The Morgan fingerprint density at radius 1 is 1.02 bits per heavy atom. The second kappa shape index (κ2) is 15.4. The van der Waals surface area contributed by atoms with Crippen molar-refractivity contribution in [3.8, 4) is 11.3 Å². The number of aromatic nitrogens is 2. The van der Waals surface area contributed by atoms with E-state index < -0.39 is 6.09 Å². The zero-order valence-electron chi connectivity index (χ0n) is 23.5. The van der Waals surface area contributed by atoms with E-state index in [-0.39, 0.29) is 24.5 Å². The van der Waals surface area contributed by atoms with E-state index in [0.717, 1.165) is 56.2 Å². The predicted octanol–water partition coefficient (Wildman–Crippen LogP) is 7.04. The van der Waals surface area contributed by atoms with E-state index in [0.29, 0.717) is 29.3 Å². The Bertz CT molecular complexity index is 1430. The molecule has 41 heavy (non-hydrogen) atoms. The highest BCUT2D eigenvalue weighted by atomic mass is 16.5. The zero-order valence-corrected chi connectivity index (χ0v) is 23.5. The number of rotatable bonds is 13. The summed E-state index contributed by atoms with van der Waals surface area (Å²) in [5.74, 6) is 0.700. The minimum absolute atomic E-state index is 0.140. The fourth-order valence-electron chi connectivity index (χ4n) is 4.76. The van der Waals surface area contributed by atoms with Crippen LogP contribution in [0.5, 0.6) is 0 Å². The van der Waals surface area contributed by atoms with Gasteiger partial charge in [-0.15, -0.1) is 0 Å². The number of hydrogen-bond acceptors (Lipinski definition) is 7. The van der Waals surface area contributed by atoms with Crippen molar-refractivity contribution < 1.29 is 14.3 Å². The van der Waals surface area contributed by atoms with Crippen LogP contribution >= 0.6 is 0 Å². The number of Topliss-reactive ketones (excluding diaryl/α,β-unsaturated/α-hetero) is 1. The molecule has 1 aliphatic rings. The Morgan fingerprint density at radius 3 is 2.68 bits per heavy atom. The number of allylic oxidation sites excluding steroid dienone is 1. The fourth-order valence-corrected chi connectivity index (χ4v) is 4.76. The van der Waals surface area contributed by atoms with Gasteiger partial charge in [0.1, 0.15) is 0 Å². The first-order valence-corrected chi connectivity index (χ1v) is 14.3. The molecule has 4 rings (SSSR count). The van der Waals surface area contributed by atoms with Crippen LogP contribution in [0.25, 0.3) is 11.3 Å². The van der Waals surface area contributed by atoms with E-state index in [4.69, 9.17) is 4.74 Å². The summed E-state index contributed by atoms with van der Waals surface area (Å²) in [5, 5.41) is 15.2. The number of amides is 1. The average molecular weight is 556 g/mol. The molecule has 0 saturated heterocycles. The zero-order chi connectivity index (χ0) is 28.9. The standard InChI is InChI=1S/C32H37N5O4/c1-2-41-32(40)35-28-10-7-9-25(22-28)23-37-31(39)17-16-29(36-37)26-12-14-27(15-13-26)30(38)11-6-4-3-5-8-24-18-20-33-34-21-19-24/h7,9-10,12-18,20,22,24H,2-6,8,11,19,21,23H2,1H3,(H,35,40). The number of hydrogen-bond donors (Lipinski definition) is 1. The maximum atomic E-state index is 12.7. The number of anilines is 1. The highest BCUT2D eigenvalue weighted by Gasteiger charge is 2.10. The molecule has 9 heteroatoms. The molecule has 1 amide bonds. The van der Waals surface area contributed by atoms with Gasteiger partial charge in [-0.05, 0) is 55.9 Å². The molecule has 0 fully saturated rings. The molecule has 1 aliphatic heterocycles. The molecule has 1 unspecified atom stereocenters. The lowest BCUT2D eigenvalue weighted by Crippen LogP contribution is -2.23. The molecule has 0 bridgehead atoms. The lowest BCUT2D eigenvalue weighted by molar-refractivity contribution is 0.0979. The first-order valence-electron chi connectivity index (χ1n) is 14.3. The molecule has 0 saturated carbocycles. The maximum Gasteiger partial charge on any atom is 0.411 e. The normalized spacial score (nSPS) is 14.4. The van der Waals surface area contributed by atoms with E-state index in [1.807, 2.05) is 36.5 Å². The first-order chi connectivity index (χ1) is 20.0. The molecule has 9 nitrogen and oxygen atoms in total. The molecule has 2 aromatic carbocycles. The van der Waals surface area contributed by atoms with Crippen LogP contribution in [0.1, 0.15) is 67.8 Å². The number of ether oxygens (including phenoxy) is 1. The minimum atomic E-state index is -0.531. The van der Waals surface area contributed by atoms with Gasteiger partial charge in [0.05, 0.1) is 25.4 Å². The van der Waals surface area contributed by atoms with E-state index in [2.05, 4.69) is 26.7 Å². The largest absolute Gasteiger partial charge is 0.450 e. The number of carbonyl (C=O) groups is 2. The second-order valence-corrected chi connectivity index (χ2v) is 10.1. The summed E-state index contributed by atoms with van der Waals surface area (Å²) < 4.78 is 6.30. The molecular formula is C32H37N5O4. The van der Waals surface area contributed by atoms with Gasteiger partial charge in [0, 0.05) is 35.5 Å². The highest BCUT2D eigenvalue weighted by Crippen LogP contribution is 2.20. The lowest BCUT2D eigenvalue weighted by atomic mass is 9.96. The number of carbonyl (C=O) groups excluding carboxylic acids is 2. The minimum Gasteiger partial charge on any atom is -0.450 e. The monoisotopic (exact) mass is 555 g/mol. The van der Waals surface area contributed by atoms with Crippen LogP contribution in [0.15, 0.2) is 88.0 Å². The van der Waals surface area contributed by atoms with Crippen molar-refractivity contribution in [3.63, 3.8) is 0 Å². The molecule has 3 aromatic rings. The molecule has 0 spiro atoms. The van der Waals surface area contributed by atoms with Crippen molar-refractivity contribution in [1.29, 1.82) is 0 Å². The SMILES string of the molecule is CCOC(=O)Nc1cccc(Cn2nc(-c3ccc(C(=O)CCCCCCC4C=CN=NCC4)cc3)ccc2=O)c1. The van der Waals surface area contributed by atoms with Gasteiger partial charge in [0.15, 0.2) is 5.78 Å². The molecular weight excluding hydrogens is 518 g/mol.